The number of ether oxygens (including phenoxy) is 1. The first-order chi connectivity index (χ1) is 13.4. The molecule has 0 fully saturated rings. The number of methoxy groups -OCH3 is 1. The molecule has 2 N–H and O–H groups in total. The standard InChI is InChI=1S/C22H25N3O3/c1-14-21(18-7-5-6-8-19(18)23-14)22(27)15(2)25(3)13-20(26)24-16-9-11-17(28-4)12-10-16/h5-12,15,23H,13H2,1-4H3,(H,24,26)/t15-/m0/s1. The van der Waals surface area contributed by atoms with Crippen LogP contribution in [0.1, 0.15) is 23.0 Å². The number of para-hydroxylation sites is 1. The van der Waals surface area contributed by atoms with Gasteiger partial charge in [0.05, 0.1) is 19.7 Å². The number of amides is 1. The van der Waals surface area contributed by atoms with E-state index in [0.717, 1.165) is 22.3 Å². The van der Waals surface area contributed by atoms with Crippen LogP contribution in [-0.4, -0.2) is 48.3 Å². The van der Waals surface area contributed by atoms with Crippen LogP contribution in [-0.2, 0) is 4.79 Å². The van der Waals surface area contributed by atoms with Gasteiger partial charge in [0.1, 0.15) is 5.75 Å². The lowest BCUT2D eigenvalue weighted by atomic mass is 10.0. The van der Waals surface area contributed by atoms with Crippen LogP contribution in [0.5, 0.6) is 5.75 Å². The van der Waals surface area contributed by atoms with Gasteiger partial charge in [0.25, 0.3) is 0 Å². The van der Waals surface area contributed by atoms with E-state index in [-0.39, 0.29) is 18.2 Å². The molecule has 1 heterocycles. The molecule has 3 rings (SSSR count). The SMILES string of the molecule is COc1ccc(NC(=O)CN(C)[C@@H](C)C(=O)c2c(C)[nH]c3ccccc23)cc1. The third-order valence-electron chi connectivity index (χ3n) is 4.95. The number of Topliss-reactive ketones (excluding diaryl/α,β-unsaturated/α-hetero) is 1. The van der Waals surface area contributed by atoms with Gasteiger partial charge in [-0.3, -0.25) is 14.5 Å². The fourth-order valence-corrected chi connectivity index (χ4v) is 3.24. The van der Waals surface area contributed by atoms with Crippen molar-refractivity contribution in [2.24, 2.45) is 0 Å². The Bertz CT molecular complexity index is 992. The van der Waals surface area contributed by atoms with Gasteiger partial charge < -0.3 is 15.0 Å². The van der Waals surface area contributed by atoms with Crippen molar-refractivity contribution in [3.8, 4) is 5.75 Å². The Labute approximate surface area is 164 Å². The first-order valence-electron chi connectivity index (χ1n) is 9.16. The van der Waals surface area contributed by atoms with E-state index in [4.69, 9.17) is 4.74 Å². The highest BCUT2D eigenvalue weighted by molar-refractivity contribution is 6.11. The van der Waals surface area contributed by atoms with Gasteiger partial charge in [0, 0.05) is 27.8 Å². The summed E-state index contributed by atoms with van der Waals surface area (Å²) in [6, 6.07) is 14.4. The number of anilines is 1. The van der Waals surface area contributed by atoms with Gasteiger partial charge in [-0.05, 0) is 51.2 Å². The van der Waals surface area contributed by atoms with Gasteiger partial charge in [-0.1, -0.05) is 18.2 Å². The Morgan fingerprint density at radius 2 is 1.82 bits per heavy atom. The van der Waals surface area contributed by atoms with Crippen molar-refractivity contribution in [2.75, 3.05) is 26.0 Å². The zero-order valence-corrected chi connectivity index (χ0v) is 16.6. The molecule has 0 spiro atoms. The summed E-state index contributed by atoms with van der Waals surface area (Å²) in [5.41, 5.74) is 3.15. The van der Waals surface area contributed by atoms with Crippen LogP contribution in [0.2, 0.25) is 0 Å². The minimum absolute atomic E-state index is 0.00491. The van der Waals surface area contributed by atoms with E-state index >= 15 is 0 Å². The Morgan fingerprint density at radius 1 is 1.14 bits per heavy atom. The molecule has 0 saturated heterocycles. The number of carbonyl (C=O) groups is 2. The Balaban J connectivity index is 1.67. The van der Waals surface area contributed by atoms with Gasteiger partial charge in [-0.15, -0.1) is 0 Å². The van der Waals surface area contributed by atoms with Crippen molar-refractivity contribution >= 4 is 28.3 Å². The summed E-state index contributed by atoms with van der Waals surface area (Å²) in [4.78, 5) is 30.5. The number of nitrogens with zero attached hydrogens (tertiary/aromatic N) is 1. The normalized spacial score (nSPS) is 12.2. The molecule has 6 nitrogen and oxygen atoms in total. The molecule has 2 aromatic carbocycles. The van der Waals surface area contributed by atoms with Gasteiger partial charge in [-0.2, -0.15) is 0 Å². The Kier molecular flexibility index (Phi) is 5.80. The van der Waals surface area contributed by atoms with Crippen LogP contribution < -0.4 is 10.1 Å². The van der Waals surface area contributed by atoms with Crippen LogP contribution in [0.15, 0.2) is 48.5 Å². The number of rotatable bonds is 7. The highest BCUT2D eigenvalue weighted by Crippen LogP contribution is 2.24. The van der Waals surface area contributed by atoms with E-state index in [9.17, 15) is 9.59 Å². The summed E-state index contributed by atoms with van der Waals surface area (Å²) < 4.78 is 5.11. The molecular weight excluding hydrogens is 354 g/mol. The number of aromatic nitrogens is 1. The number of fused-ring (bicyclic) bond motifs is 1. The van der Waals surface area contributed by atoms with Crippen LogP contribution in [0.3, 0.4) is 0 Å². The number of aromatic amines is 1. The Morgan fingerprint density at radius 3 is 2.50 bits per heavy atom. The summed E-state index contributed by atoms with van der Waals surface area (Å²) in [5.74, 6) is 0.543. The fourth-order valence-electron chi connectivity index (χ4n) is 3.24. The van der Waals surface area contributed by atoms with Crippen molar-refractivity contribution in [1.82, 2.24) is 9.88 Å². The maximum Gasteiger partial charge on any atom is 0.238 e. The van der Waals surface area contributed by atoms with E-state index in [1.54, 1.807) is 43.3 Å². The van der Waals surface area contributed by atoms with Crippen LogP contribution in [0.4, 0.5) is 5.69 Å². The first kappa shape index (κ1) is 19.6. The summed E-state index contributed by atoms with van der Waals surface area (Å²) in [6.07, 6.45) is 0. The third-order valence-corrected chi connectivity index (χ3v) is 4.95. The molecule has 0 aliphatic carbocycles. The van der Waals surface area contributed by atoms with Gasteiger partial charge >= 0.3 is 0 Å². The maximum absolute atomic E-state index is 13.1. The smallest absolute Gasteiger partial charge is 0.238 e. The molecule has 146 valence electrons. The van der Waals surface area contributed by atoms with Gasteiger partial charge in [0.2, 0.25) is 5.91 Å². The quantitative estimate of drug-likeness (QED) is 0.615. The van der Waals surface area contributed by atoms with Crippen molar-refractivity contribution in [3.63, 3.8) is 0 Å². The average molecular weight is 379 g/mol. The van der Waals surface area contributed by atoms with Crippen LogP contribution in [0.25, 0.3) is 10.9 Å². The minimum atomic E-state index is -0.431. The summed E-state index contributed by atoms with van der Waals surface area (Å²) in [5, 5.41) is 3.75. The van der Waals surface area contributed by atoms with Crippen molar-refractivity contribution < 1.29 is 14.3 Å². The number of hydrogen-bond donors (Lipinski definition) is 2. The summed E-state index contributed by atoms with van der Waals surface area (Å²) in [6.45, 7) is 3.83. The average Bonchev–Trinajstić information content (AvgIpc) is 3.02. The molecule has 3 aromatic rings. The topological polar surface area (TPSA) is 74.4 Å². The Hall–Kier alpha value is -3.12. The molecular formula is C22H25N3O3. The number of nitrogens with one attached hydrogen (secondary N) is 2. The van der Waals surface area contributed by atoms with E-state index < -0.39 is 6.04 Å². The monoisotopic (exact) mass is 379 g/mol. The van der Waals surface area contributed by atoms with Crippen LogP contribution in [0, 0.1) is 6.92 Å². The van der Waals surface area contributed by atoms with Gasteiger partial charge in [0.15, 0.2) is 5.78 Å². The predicted molar refractivity (Wildman–Crippen MR) is 111 cm³/mol. The van der Waals surface area contributed by atoms with Crippen molar-refractivity contribution in [2.45, 2.75) is 19.9 Å². The molecule has 1 atom stereocenters. The van der Waals surface area contributed by atoms with E-state index in [0.29, 0.717) is 11.3 Å². The highest BCUT2D eigenvalue weighted by atomic mass is 16.5. The first-order valence-corrected chi connectivity index (χ1v) is 9.16. The molecule has 28 heavy (non-hydrogen) atoms. The van der Waals surface area contributed by atoms with Crippen LogP contribution >= 0.6 is 0 Å². The highest BCUT2D eigenvalue weighted by Gasteiger charge is 2.25. The van der Waals surface area contributed by atoms with E-state index in [1.165, 1.54) is 0 Å². The molecule has 0 saturated carbocycles. The summed E-state index contributed by atoms with van der Waals surface area (Å²) in [7, 11) is 3.37. The van der Waals surface area contributed by atoms with Crippen molar-refractivity contribution in [1.29, 1.82) is 0 Å². The second-order valence-electron chi connectivity index (χ2n) is 6.90. The van der Waals surface area contributed by atoms with E-state index in [2.05, 4.69) is 10.3 Å². The number of aryl methyl sites for hydroxylation is 1. The molecule has 0 radical (unpaired) electrons. The zero-order chi connectivity index (χ0) is 20.3. The number of hydrogen-bond acceptors (Lipinski definition) is 4. The lowest BCUT2D eigenvalue weighted by Crippen LogP contribution is -2.41. The molecule has 0 aliphatic rings. The van der Waals surface area contributed by atoms with Gasteiger partial charge in [-0.25, -0.2) is 0 Å². The summed E-state index contributed by atoms with van der Waals surface area (Å²) >= 11 is 0. The molecule has 1 amide bonds. The molecule has 0 unspecified atom stereocenters. The molecule has 0 bridgehead atoms. The number of carbonyl (C=O) groups excluding carboxylic acids is 2. The largest absolute Gasteiger partial charge is 0.497 e. The third kappa shape index (κ3) is 4.07. The number of H-pyrrole nitrogens is 1. The second kappa shape index (κ2) is 8.27. The van der Waals surface area contributed by atoms with E-state index in [1.807, 2.05) is 38.1 Å². The van der Waals surface area contributed by atoms with Crippen molar-refractivity contribution in [3.05, 3.63) is 59.8 Å². The maximum atomic E-state index is 13.1. The minimum Gasteiger partial charge on any atom is -0.497 e. The molecule has 6 heteroatoms. The lowest BCUT2D eigenvalue weighted by Gasteiger charge is -2.23. The molecule has 0 aliphatic heterocycles. The predicted octanol–water partition coefficient (Wildman–Crippen LogP) is 3.63. The number of likely N-dealkylation sites (N-methyl/N-ethyl adjacent to an activating group) is 1. The number of ketones is 1. The fraction of sp³-hybridized carbons (Fsp3) is 0.273. The zero-order valence-electron chi connectivity index (χ0n) is 16.6. The number of benzene rings is 2. The molecule has 1 aromatic heterocycles. The lowest BCUT2D eigenvalue weighted by molar-refractivity contribution is -0.117. The second-order valence-corrected chi connectivity index (χ2v) is 6.90.